The summed E-state index contributed by atoms with van der Waals surface area (Å²) in [7, 11) is 1.90. The predicted molar refractivity (Wildman–Crippen MR) is 117 cm³/mol. The van der Waals surface area contributed by atoms with E-state index in [9.17, 15) is 0 Å². The average Bonchev–Trinajstić information content (AvgIpc) is 3.34. The standard InChI is InChI=1S/C22H23N5OS/c1-27-14-15(12-24-27)18-13-23-10-9-20(18)28-17-7-8-19-21(11-17)29-22(26-19)25-16-5-3-2-4-6-16/h7-14,16H,2-6H2,1H3,(H,25,26). The molecule has 3 aromatic heterocycles. The molecular formula is C22H23N5OS. The van der Waals surface area contributed by atoms with Crippen LogP contribution in [0.3, 0.4) is 0 Å². The van der Waals surface area contributed by atoms with E-state index in [4.69, 9.17) is 9.72 Å². The number of rotatable bonds is 5. The molecule has 0 saturated heterocycles. The van der Waals surface area contributed by atoms with Crippen LogP contribution in [0.25, 0.3) is 21.3 Å². The van der Waals surface area contributed by atoms with Crippen LogP contribution in [0.2, 0.25) is 0 Å². The summed E-state index contributed by atoms with van der Waals surface area (Å²) in [6.07, 6.45) is 13.8. The van der Waals surface area contributed by atoms with E-state index in [0.29, 0.717) is 6.04 Å². The van der Waals surface area contributed by atoms with Crippen LogP contribution in [-0.4, -0.2) is 25.8 Å². The molecule has 29 heavy (non-hydrogen) atoms. The van der Waals surface area contributed by atoms with E-state index < -0.39 is 0 Å². The number of anilines is 1. The number of aryl methyl sites for hydroxylation is 1. The van der Waals surface area contributed by atoms with Gasteiger partial charge in [-0.1, -0.05) is 30.6 Å². The zero-order chi connectivity index (χ0) is 19.6. The molecule has 0 radical (unpaired) electrons. The second-order valence-corrected chi connectivity index (χ2v) is 8.54. The van der Waals surface area contributed by atoms with Gasteiger partial charge in [0, 0.05) is 48.9 Å². The van der Waals surface area contributed by atoms with E-state index in [-0.39, 0.29) is 0 Å². The maximum Gasteiger partial charge on any atom is 0.184 e. The number of nitrogens with zero attached hydrogens (tertiary/aromatic N) is 4. The Balaban J connectivity index is 1.39. The van der Waals surface area contributed by atoms with E-state index in [1.54, 1.807) is 22.2 Å². The number of thiazole rings is 1. The van der Waals surface area contributed by atoms with Gasteiger partial charge in [0.05, 0.1) is 16.4 Å². The Kier molecular flexibility index (Phi) is 4.89. The summed E-state index contributed by atoms with van der Waals surface area (Å²) in [5, 5.41) is 8.88. The number of fused-ring (bicyclic) bond motifs is 1. The van der Waals surface area contributed by atoms with Crippen molar-refractivity contribution in [2.24, 2.45) is 7.05 Å². The second kappa shape index (κ2) is 7.83. The topological polar surface area (TPSA) is 64.9 Å². The van der Waals surface area contributed by atoms with Gasteiger partial charge in [0.2, 0.25) is 0 Å². The second-order valence-electron chi connectivity index (χ2n) is 7.50. The highest BCUT2D eigenvalue weighted by Gasteiger charge is 2.15. The van der Waals surface area contributed by atoms with E-state index in [0.717, 1.165) is 38.0 Å². The van der Waals surface area contributed by atoms with Crippen LogP contribution in [0.4, 0.5) is 5.13 Å². The summed E-state index contributed by atoms with van der Waals surface area (Å²) >= 11 is 1.69. The molecule has 0 atom stereocenters. The molecule has 0 aliphatic heterocycles. The minimum absolute atomic E-state index is 0.555. The van der Waals surface area contributed by atoms with Gasteiger partial charge < -0.3 is 10.1 Å². The normalized spacial score (nSPS) is 14.9. The fourth-order valence-electron chi connectivity index (χ4n) is 3.83. The molecule has 3 heterocycles. The summed E-state index contributed by atoms with van der Waals surface area (Å²) in [5.41, 5.74) is 2.90. The van der Waals surface area contributed by atoms with Crippen LogP contribution in [0.1, 0.15) is 32.1 Å². The fraction of sp³-hybridized carbons (Fsp3) is 0.318. The van der Waals surface area contributed by atoms with Gasteiger partial charge >= 0.3 is 0 Å². The monoisotopic (exact) mass is 405 g/mol. The van der Waals surface area contributed by atoms with Crippen molar-refractivity contribution < 1.29 is 4.74 Å². The number of pyridine rings is 1. The molecule has 1 saturated carbocycles. The molecule has 7 heteroatoms. The number of ether oxygens (including phenoxy) is 1. The smallest absolute Gasteiger partial charge is 0.184 e. The van der Waals surface area contributed by atoms with E-state index in [1.807, 2.05) is 43.8 Å². The average molecular weight is 406 g/mol. The largest absolute Gasteiger partial charge is 0.457 e. The predicted octanol–water partition coefficient (Wildman–Crippen LogP) is 5.63. The van der Waals surface area contributed by atoms with Gasteiger partial charge in [0.25, 0.3) is 0 Å². The molecule has 0 spiro atoms. The number of hydrogen-bond donors (Lipinski definition) is 1. The first-order valence-electron chi connectivity index (χ1n) is 10.0. The van der Waals surface area contributed by atoms with Crippen molar-refractivity contribution in [2.75, 3.05) is 5.32 Å². The highest BCUT2D eigenvalue weighted by atomic mass is 32.1. The van der Waals surface area contributed by atoms with Crippen LogP contribution in [0.15, 0.2) is 49.1 Å². The van der Waals surface area contributed by atoms with Crippen LogP contribution >= 0.6 is 11.3 Å². The lowest BCUT2D eigenvalue weighted by Gasteiger charge is -2.22. The Labute approximate surface area is 173 Å². The van der Waals surface area contributed by atoms with Crippen LogP contribution < -0.4 is 10.1 Å². The Hall–Kier alpha value is -2.93. The third kappa shape index (κ3) is 3.96. The summed E-state index contributed by atoms with van der Waals surface area (Å²) < 4.78 is 9.12. The molecular weight excluding hydrogens is 382 g/mol. The molecule has 5 rings (SSSR count). The molecule has 1 N–H and O–H groups in total. The molecule has 148 valence electrons. The minimum atomic E-state index is 0.555. The third-order valence-corrected chi connectivity index (χ3v) is 6.27. The first-order chi connectivity index (χ1) is 14.2. The first kappa shape index (κ1) is 18.1. The van der Waals surface area contributed by atoms with Crippen LogP contribution in [0.5, 0.6) is 11.5 Å². The van der Waals surface area contributed by atoms with Crippen LogP contribution in [0, 0.1) is 0 Å². The Bertz CT molecular complexity index is 1130. The van der Waals surface area contributed by atoms with Crippen molar-refractivity contribution in [1.29, 1.82) is 0 Å². The third-order valence-electron chi connectivity index (χ3n) is 5.32. The van der Waals surface area contributed by atoms with Gasteiger partial charge in [0.15, 0.2) is 5.13 Å². The molecule has 1 aliphatic rings. The SMILES string of the molecule is Cn1cc(-c2cnccc2Oc2ccc3nc(NC4CCCCC4)sc3c2)cn1. The zero-order valence-corrected chi connectivity index (χ0v) is 17.2. The first-order valence-corrected chi connectivity index (χ1v) is 10.8. The van der Waals surface area contributed by atoms with Crippen molar-refractivity contribution in [2.45, 2.75) is 38.1 Å². The number of hydrogen-bond acceptors (Lipinski definition) is 6. The summed E-state index contributed by atoms with van der Waals surface area (Å²) in [4.78, 5) is 9.00. The van der Waals surface area contributed by atoms with Crippen molar-refractivity contribution in [3.05, 3.63) is 49.1 Å². The van der Waals surface area contributed by atoms with Crippen molar-refractivity contribution in [3.63, 3.8) is 0 Å². The lowest BCUT2D eigenvalue weighted by molar-refractivity contribution is 0.462. The molecule has 1 aromatic carbocycles. The summed E-state index contributed by atoms with van der Waals surface area (Å²) in [6.45, 7) is 0. The molecule has 6 nitrogen and oxygen atoms in total. The van der Waals surface area contributed by atoms with Gasteiger partial charge in [0.1, 0.15) is 11.5 Å². The lowest BCUT2D eigenvalue weighted by Crippen LogP contribution is -2.21. The zero-order valence-electron chi connectivity index (χ0n) is 16.3. The van der Waals surface area contributed by atoms with Crippen molar-refractivity contribution in [3.8, 4) is 22.6 Å². The van der Waals surface area contributed by atoms with Gasteiger partial charge in [-0.25, -0.2) is 4.98 Å². The quantitative estimate of drug-likeness (QED) is 0.466. The molecule has 4 aromatic rings. The Morgan fingerprint density at radius 3 is 2.86 bits per heavy atom. The molecule has 1 aliphatic carbocycles. The van der Waals surface area contributed by atoms with Gasteiger partial charge in [-0.05, 0) is 31.0 Å². The molecule has 1 fully saturated rings. The van der Waals surface area contributed by atoms with E-state index >= 15 is 0 Å². The lowest BCUT2D eigenvalue weighted by atomic mass is 9.96. The number of aromatic nitrogens is 4. The fourth-order valence-corrected chi connectivity index (χ4v) is 4.80. The molecule has 0 amide bonds. The maximum absolute atomic E-state index is 6.22. The highest BCUT2D eigenvalue weighted by Crippen LogP contribution is 2.35. The Morgan fingerprint density at radius 2 is 2.03 bits per heavy atom. The number of benzene rings is 1. The van der Waals surface area contributed by atoms with Crippen molar-refractivity contribution in [1.82, 2.24) is 19.7 Å². The van der Waals surface area contributed by atoms with Crippen molar-refractivity contribution >= 4 is 26.7 Å². The molecule has 0 bridgehead atoms. The highest BCUT2D eigenvalue weighted by molar-refractivity contribution is 7.22. The molecule has 0 unspecified atom stereocenters. The Morgan fingerprint density at radius 1 is 1.14 bits per heavy atom. The van der Waals surface area contributed by atoms with Crippen LogP contribution in [-0.2, 0) is 7.05 Å². The maximum atomic E-state index is 6.22. The van der Waals surface area contributed by atoms with E-state index in [1.165, 1.54) is 32.1 Å². The summed E-state index contributed by atoms with van der Waals surface area (Å²) in [6, 6.07) is 8.50. The number of nitrogens with one attached hydrogen (secondary N) is 1. The van der Waals surface area contributed by atoms with Gasteiger partial charge in [-0.2, -0.15) is 5.10 Å². The van der Waals surface area contributed by atoms with Gasteiger partial charge in [-0.3, -0.25) is 9.67 Å². The van der Waals surface area contributed by atoms with E-state index in [2.05, 4.69) is 21.5 Å². The summed E-state index contributed by atoms with van der Waals surface area (Å²) in [5.74, 6) is 1.55. The minimum Gasteiger partial charge on any atom is -0.457 e. The van der Waals surface area contributed by atoms with Gasteiger partial charge in [-0.15, -0.1) is 0 Å².